The standard InChI is InChI=1S/C22H21ClF3N5O3/c1-3-19(33-2)31(8-11-4-5-18(30-29-11)22(24,25)26)21(32)13-6-12-14-9-34-10-15(14)20(27)28-17(12)7-16(13)23/h4-7,19H,3,8-10H2,1-2H3,(H2,27,28). The van der Waals surface area contributed by atoms with Gasteiger partial charge < -0.3 is 20.1 Å². The lowest BCUT2D eigenvalue weighted by Crippen LogP contribution is -2.41. The Labute approximate surface area is 197 Å². The van der Waals surface area contributed by atoms with Gasteiger partial charge in [-0.15, -0.1) is 5.10 Å². The first-order valence-electron chi connectivity index (χ1n) is 10.4. The van der Waals surface area contributed by atoms with E-state index in [2.05, 4.69) is 15.2 Å². The van der Waals surface area contributed by atoms with Crippen molar-refractivity contribution in [2.75, 3.05) is 12.8 Å². The second-order valence-electron chi connectivity index (χ2n) is 7.74. The number of nitrogens with zero attached hydrogens (tertiary/aromatic N) is 4. The maximum absolute atomic E-state index is 13.6. The molecule has 0 bridgehead atoms. The molecule has 12 heteroatoms. The fourth-order valence-electron chi connectivity index (χ4n) is 3.90. The molecule has 180 valence electrons. The van der Waals surface area contributed by atoms with E-state index in [9.17, 15) is 18.0 Å². The van der Waals surface area contributed by atoms with E-state index in [1.54, 1.807) is 12.1 Å². The van der Waals surface area contributed by atoms with Gasteiger partial charge in [0.2, 0.25) is 0 Å². The number of rotatable bonds is 6. The van der Waals surface area contributed by atoms with E-state index in [1.807, 2.05) is 6.92 Å². The predicted octanol–water partition coefficient (Wildman–Crippen LogP) is 4.33. The molecule has 1 aromatic carbocycles. The SMILES string of the molecule is CCC(OC)N(Cc1ccc(C(F)(F)F)nn1)C(=O)c1cc2c3c(c(N)nc2cc1Cl)COC3. The zero-order valence-electron chi connectivity index (χ0n) is 18.3. The second-order valence-corrected chi connectivity index (χ2v) is 8.14. The number of hydrogen-bond acceptors (Lipinski definition) is 7. The molecule has 0 saturated heterocycles. The number of alkyl halides is 3. The van der Waals surface area contributed by atoms with Crippen LogP contribution in [0.3, 0.4) is 0 Å². The van der Waals surface area contributed by atoms with E-state index < -0.39 is 24.0 Å². The molecule has 34 heavy (non-hydrogen) atoms. The number of fused-ring (bicyclic) bond motifs is 3. The van der Waals surface area contributed by atoms with E-state index >= 15 is 0 Å². The maximum Gasteiger partial charge on any atom is 0.435 e. The molecule has 8 nitrogen and oxygen atoms in total. The first-order chi connectivity index (χ1) is 16.1. The summed E-state index contributed by atoms with van der Waals surface area (Å²) in [5, 5.41) is 7.73. The summed E-state index contributed by atoms with van der Waals surface area (Å²) in [4.78, 5) is 19.3. The topological polar surface area (TPSA) is 103 Å². The van der Waals surface area contributed by atoms with Gasteiger partial charge in [0.05, 0.1) is 41.6 Å². The molecule has 1 amide bonds. The highest BCUT2D eigenvalue weighted by atomic mass is 35.5. The van der Waals surface area contributed by atoms with Gasteiger partial charge in [-0.3, -0.25) is 4.79 Å². The molecule has 0 radical (unpaired) electrons. The number of benzene rings is 1. The predicted molar refractivity (Wildman–Crippen MR) is 118 cm³/mol. The summed E-state index contributed by atoms with van der Waals surface area (Å²) in [5.41, 5.74) is 7.40. The number of carbonyl (C=O) groups excluding carboxylic acids is 1. The fourth-order valence-corrected chi connectivity index (χ4v) is 4.14. The number of amides is 1. The number of nitrogen functional groups attached to an aromatic ring is 1. The van der Waals surface area contributed by atoms with Crippen molar-refractivity contribution in [1.29, 1.82) is 0 Å². The highest BCUT2D eigenvalue weighted by molar-refractivity contribution is 6.34. The summed E-state index contributed by atoms with van der Waals surface area (Å²) in [6.45, 7) is 2.34. The lowest BCUT2D eigenvalue weighted by Gasteiger charge is -2.30. The summed E-state index contributed by atoms with van der Waals surface area (Å²) in [5.74, 6) is -0.130. The summed E-state index contributed by atoms with van der Waals surface area (Å²) < 4.78 is 49.5. The molecule has 1 aliphatic rings. The molecule has 0 aliphatic carbocycles. The Balaban J connectivity index is 1.73. The molecule has 1 aliphatic heterocycles. The molecule has 1 atom stereocenters. The smallest absolute Gasteiger partial charge is 0.383 e. The number of nitrogens with two attached hydrogens (primary N) is 1. The third kappa shape index (κ3) is 4.50. The number of carbonyl (C=O) groups is 1. The number of methoxy groups -OCH3 is 1. The van der Waals surface area contributed by atoms with Gasteiger partial charge in [-0.25, -0.2) is 4.98 Å². The van der Waals surface area contributed by atoms with E-state index in [0.29, 0.717) is 36.4 Å². The number of pyridine rings is 1. The van der Waals surface area contributed by atoms with Gasteiger partial charge in [0.25, 0.3) is 5.91 Å². The Kier molecular flexibility index (Phi) is 6.61. The van der Waals surface area contributed by atoms with Crippen LogP contribution in [0, 0.1) is 0 Å². The lowest BCUT2D eigenvalue weighted by atomic mass is 10.0. The van der Waals surface area contributed by atoms with Crippen molar-refractivity contribution in [3.63, 3.8) is 0 Å². The molecular formula is C22H21ClF3N5O3. The van der Waals surface area contributed by atoms with Crippen molar-refractivity contribution >= 4 is 34.2 Å². The summed E-state index contributed by atoms with van der Waals surface area (Å²) in [7, 11) is 1.44. The summed E-state index contributed by atoms with van der Waals surface area (Å²) >= 11 is 6.46. The molecule has 3 heterocycles. The minimum absolute atomic E-state index is 0.133. The van der Waals surface area contributed by atoms with Crippen molar-refractivity contribution in [2.24, 2.45) is 0 Å². The number of ether oxygens (including phenoxy) is 2. The Hall–Kier alpha value is -3.02. The van der Waals surface area contributed by atoms with Crippen LogP contribution in [0.15, 0.2) is 24.3 Å². The van der Waals surface area contributed by atoms with Crippen LogP contribution in [0.5, 0.6) is 0 Å². The first kappa shape index (κ1) is 24.1. The summed E-state index contributed by atoms with van der Waals surface area (Å²) in [6, 6.07) is 5.19. The van der Waals surface area contributed by atoms with Crippen LogP contribution in [-0.2, 0) is 35.4 Å². The minimum Gasteiger partial charge on any atom is -0.383 e. The van der Waals surface area contributed by atoms with Crippen LogP contribution >= 0.6 is 11.6 Å². The molecule has 4 rings (SSSR count). The highest BCUT2D eigenvalue weighted by Crippen LogP contribution is 2.34. The average molecular weight is 496 g/mol. The average Bonchev–Trinajstić information content (AvgIpc) is 3.29. The zero-order chi connectivity index (χ0) is 24.6. The largest absolute Gasteiger partial charge is 0.435 e. The quantitative estimate of drug-likeness (QED) is 0.507. The van der Waals surface area contributed by atoms with Gasteiger partial charge in [-0.05, 0) is 36.2 Å². The van der Waals surface area contributed by atoms with Gasteiger partial charge in [-0.2, -0.15) is 18.3 Å². The zero-order valence-corrected chi connectivity index (χ0v) is 19.1. The van der Waals surface area contributed by atoms with Crippen LogP contribution in [-0.4, -0.2) is 39.3 Å². The molecular weight excluding hydrogens is 475 g/mol. The van der Waals surface area contributed by atoms with E-state index in [1.165, 1.54) is 18.1 Å². The lowest BCUT2D eigenvalue weighted by molar-refractivity contribution is -0.141. The normalized spacial score (nSPS) is 14.3. The Morgan fingerprint density at radius 3 is 2.62 bits per heavy atom. The Morgan fingerprint density at radius 2 is 2.00 bits per heavy atom. The number of hydrogen-bond donors (Lipinski definition) is 1. The Bertz CT molecular complexity index is 1230. The summed E-state index contributed by atoms with van der Waals surface area (Å²) in [6.07, 6.45) is -4.87. The van der Waals surface area contributed by atoms with Crippen molar-refractivity contribution in [1.82, 2.24) is 20.1 Å². The van der Waals surface area contributed by atoms with Crippen LogP contribution in [0.4, 0.5) is 19.0 Å². The van der Waals surface area contributed by atoms with Crippen molar-refractivity contribution in [3.05, 3.63) is 57.4 Å². The number of aromatic nitrogens is 3. The van der Waals surface area contributed by atoms with Crippen LogP contribution < -0.4 is 5.73 Å². The van der Waals surface area contributed by atoms with Gasteiger partial charge in [0.1, 0.15) is 12.0 Å². The van der Waals surface area contributed by atoms with Gasteiger partial charge >= 0.3 is 6.18 Å². The van der Waals surface area contributed by atoms with E-state index in [-0.39, 0.29) is 22.8 Å². The molecule has 2 aromatic heterocycles. The minimum atomic E-state index is -4.61. The number of halogens is 4. The van der Waals surface area contributed by atoms with Gasteiger partial charge in [0, 0.05) is 18.1 Å². The van der Waals surface area contributed by atoms with Gasteiger partial charge in [-0.1, -0.05) is 18.5 Å². The fraction of sp³-hybridized carbons (Fsp3) is 0.364. The molecule has 0 saturated carbocycles. The third-order valence-electron chi connectivity index (χ3n) is 5.62. The van der Waals surface area contributed by atoms with Crippen LogP contribution in [0.1, 0.15) is 46.2 Å². The maximum atomic E-state index is 13.6. The molecule has 3 aromatic rings. The van der Waals surface area contributed by atoms with Crippen molar-refractivity contribution in [3.8, 4) is 0 Å². The van der Waals surface area contributed by atoms with Crippen molar-refractivity contribution in [2.45, 2.75) is 45.5 Å². The highest BCUT2D eigenvalue weighted by Gasteiger charge is 2.33. The van der Waals surface area contributed by atoms with E-state index in [0.717, 1.165) is 17.2 Å². The van der Waals surface area contributed by atoms with Crippen LogP contribution in [0.25, 0.3) is 10.9 Å². The molecule has 0 fully saturated rings. The van der Waals surface area contributed by atoms with Crippen molar-refractivity contribution < 1.29 is 27.4 Å². The Morgan fingerprint density at radius 1 is 1.26 bits per heavy atom. The van der Waals surface area contributed by atoms with Crippen LogP contribution in [0.2, 0.25) is 5.02 Å². The molecule has 0 spiro atoms. The third-order valence-corrected chi connectivity index (χ3v) is 5.93. The molecule has 1 unspecified atom stereocenters. The van der Waals surface area contributed by atoms with Gasteiger partial charge in [0.15, 0.2) is 5.69 Å². The molecule has 2 N–H and O–H groups in total. The first-order valence-corrected chi connectivity index (χ1v) is 10.7. The second kappa shape index (κ2) is 9.32. The van der Waals surface area contributed by atoms with E-state index in [4.69, 9.17) is 26.8 Å². The monoisotopic (exact) mass is 495 g/mol. The number of anilines is 1.